The minimum absolute atomic E-state index is 0.182. The fourth-order valence-electron chi connectivity index (χ4n) is 2.20. The van der Waals surface area contributed by atoms with E-state index >= 15 is 0 Å². The third-order valence-electron chi connectivity index (χ3n) is 3.17. The third-order valence-corrected chi connectivity index (χ3v) is 3.17. The number of benzene rings is 1. The van der Waals surface area contributed by atoms with Crippen LogP contribution in [0.1, 0.15) is 24.1 Å². The Hall–Kier alpha value is -2.08. The number of aryl methyl sites for hydroxylation is 1. The van der Waals surface area contributed by atoms with Crippen LogP contribution in [0.3, 0.4) is 0 Å². The minimum Gasteiger partial charge on any atom is -0.309 e. The Labute approximate surface area is 121 Å². The average Bonchev–Trinajstić information content (AvgIpc) is 2.45. The molecule has 0 amide bonds. The lowest BCUT2D eigenvalue weighted by Crippen LogP contribution is -2.32. The van der Waals surface area contributed by atoms with Crippen molar-refractivity contribution >= 4 is 0 Å². The van der Waals surface area contributed by atoms with Gasteiger partial charge in [0.25, 0.3) is 0 Å². The first-order valence-corrected chi connectivity index (χ1v) is 6.73. The van der Waals surface area contributed by atoms with Crippen molar-refractivity contribution in [2.24, 2.45) is 0 Å². The fraction of sp³-hybridized carbons (Fsp3) is 0.333. The van der Waals surface area contributed by atoms with E-state index in [0.717, 1.165) is 11.6 Å². The van der Waals surface area contributed by atoms with E-state index in [2.05, 4.69) is 10.3 Å². The van der Waals surface area contributed by atoms with Crippen molar-refractivity contribution in [3.63, 3.8) is 0 Å². The van der Waals surface area contributed by atoms with Gasteiger partial charge in [0.05, 0.1) is 6.04 Å². The van der Waals surface area contributed by atoms with E-state index in [1.54, 1.807) is 6.20 Å². The van der Waals surface area contributed by atoms with Crippen molar-refractivity contribution in [2.75, 3.05) is 6.54 Å². The highest BCUT2D eigenvalue weighted by Gasteiger charge is 2.18. The maximum absolute atomic E-state index is 13.9. The fourth-order valence-corrected chi connectivity index (χ4v) is 2.20. The molecule has 0 saturated heterocycles. The second kappa shape index (κ2) is 6.58. The van der Waals surface area contributed by atoms with Gasteiger partial charge in [-0.2, -0.15) is 0 Å². The largest absolute Gasteiger partial charge is 0.347 e. The van der Waals surface area contributed by atoms with E-state index in [0.29, 0.717) is 6.54 Å². The second-order valence-electron chi connectivity index (χ2n) is 4.82. The Morgan fingerprint density at radius 3 is 2.86 bits per heavy atom. The first-order valence-electron chi connectivity index (χ1n) is 6.73. The molecular weight excluding hydrogens is 276 g/mol. The van der Waals surface area contributed by atoms with Crippen molar-refractivity contribution < 1.29 is 8.78 Å². The van der Waals surface area contributed by atoms with Crippen LogP contribution in [0.25, 0.3) is 0 Å². The molecule has 1 atom stereocenters. The average molecular weight is 293 g/mol. The summed E-state index contributed by atoms with van der Waals surface area (Å²) in [6.07, 6.45) is 3.13. The van der Waals surface area contributed by atoms with Crippen molar-refractivity contribution in [2.45, 2.75) is 26.4 Å². The molecule has 1 unspecified atom stereocenters. The molecule has 1 N–H and O–H groups in total. The van der Waals surface area contributed by atoms with Crippen molar-refractivity contribution in [3.05, 3.63) is 63.8 Å². The van der Waals surface area contributed by atoms with E-state index in [1.807, 2.05) is 13.8 Å². The van der Waals surface area contributed by atoms with E-state index in [1.165, 1.54) is 22.9 Å². The molecule has 0 aliphatic heterocycles. The molecule has 21 heavy (non-hydrogen) atoms. The first-order chi connectivity index (χ1) is 10.0. The number of aromatic nitrogens is 2. The molecule has 1 aromatic heterocycles. The van der Waals surface area contributed by atoms with Crippen LogP contribution in [0.4, 0.5) is 8.78 Å². The highest BCUT2D eigenvalue weighted by atomic mass is 19.2. The number of hydrogen-bond acceptors (Lipinski definition) is 3. The van der Waals surface area contributed by atoms with Crippen LogP contribution in [-0.2, 0) is 6.54 Å². The molecule has 0 saturated carbocycles. The zero-order chi connectivity index (χ0) is 15.4. The lowest BCUT2D eigenvalue weighted by molar-refractivity contribution is 0.425. The zero-order valence-corrected chi connectivity index (χ0v) is 11.9. The molecular formula is C15H17F2N3O. The van der Waals surface area contributed by atoms with Gasteiger partial charge < -0.3 is 5.32 Å². The number of likely N-dealkylation sites (N-methyl/N-ethyl adjacent to an activating group) is 1. The molecule has 1 aromatic carbocycles. The Balaban J connectivity index is 2.37. The minimum atomic E-state index is -0.898. The summed E-state index contributed by atoms with van der Waals surface area (Å²) in [5.41, 5.74) is 0.607. The van der Waals surface area contributed by atoms with Gasteiger partial charge in [-0.3, -0.25) is 4.57 Å². The lowest BCUT2D eigenvalue weighted by Gasteiger charge is -2.20. The van der Waals surface area contributed by atoms with E-state index in [9.17, 15) is 13.6 Å². The van der Waals surface area contributed by atoms with E-state index in [-0.39, 0.29) is 12.1 Å². The summed E-state index contributed by atoms with van der Waals surface area (Å²) in [6, 6.07) is 3.53. The van der Waals surface area contributed by atoms with Crippen LogP contribution >= 0.6 is 0 Å². The molecule has 2 rings (SSSR count). The topological polar surface area (TPSA) is 46.9 Å². The van der Waals surface area contributed by atoms with Gasteiger partial charge in [-0.25, -0.2) is 18.6 Å². The summed E-state index contributed by atoms with van der Waals surface area (Å²) >= 11 is 0. The normalized spacial score (nSPS) is 12.4. The van der Waals surface area contributed by atoms with Crippen molar-refractivity contribution in [3.8, 4) is 0 Å². The van der Waals surface area contributed by atoms with Gasteiger partial charge in [0.15, 0.2) is 11.6 Å². The molecule has 4 nitrogen and oxygen atoms in total. The molecule has 6 heteroatoms. The lowest BCUT2D eigenvalue weighted by atomic mass is 10.1. The predicted octanol–water partition coefficient (Wildman–Crippen LogP) is 2.18. The highest BCUT2D eigenvalue weighted by Crippen LogP contribution is 2.20. The van der Waals surface area contributed by atoms with E-state index in [4.69, 9.17) is 0 Å². The number of nitrogens with one attached hydrogen (secondary N) is 1. The number of rotatable bonds is 5. The van der Waals surface area contributed by atoms with Crippen LogP contribution in [0, 0.1) is 18.6 Å². The van der Waals surface area contributed by atoms with Gasteiger partial charge in [0.1, 0.15) is 0 Å². The summed E-state index contributed by atoms with van der Waals surface area (Å²) in [5, 5.41) is 3.07. The zero-order valence-electron chi connectivity index (χ0n) is 11.9. The van der Waals surface area contributed by atoms with Crippen LogP contribution < -0.4 is 11.0 Å². The van der Waals surface area contributed by atoms with Gasteiger partial charge in [0, 0.05) is 24.5 Å². The Bertz CT molecular complexity index is 685. The van der Waals surface area contributed by atoms with Crippen molar-refractivity contribution in [1.29, 1.82) is 0 Å². The molecule has 0 aliphatic rings. The Morgan fingerprint density at radius 2 is 2.14 bits per heavy atom. The van der Waals surface area contributed by atoms with Crippen molar-refractivity contribution in [1.82, 2.24) is 14.9 Å². The van der Waals surface area contributed by atoms with Crippen LogP contribution in [0.5, 0.6) is 0 Å². The first kappa shape index (κ1) is 15.3. The predicted molar refractivity (Wildman–Crippen MR) is 76.0 cm³/mol. The highest BCUT2D eigenvalue weighted by molar-refractivity contribution is 5.22. The maximum atomic E-state index is 13.9. The SMILES string of the molecule is CCNC(Cn1cc(C)cnc1=O)c1cccc(F)c1F. The number of nitrogens with zero attached hydrogens (tertiary/aromatic N) is 2. The molecule has 0 bridgehead atoms. The van der Waals surface area contributed by atoms with Crippen LogP contribution in [0.2, 0.25) is 0 Å². The third kappa shape index (κ3) is 3.52. The number of hydrogen-bond donors (Lipinski definition) is 1. The summed E-state index contributed by atoms with van der Waals surface area (Å²) in [5.74, 6) is -1.79. The molecule has 0 radical (unpaired) electrons. The monoisotopic (exact) mass is 293 g/mol. The van der Waals surface area contributed by atoms with Gasteiger partial charge in [-0.15, -0.1) is 0 Å². The molecule has 0 fully saturated rings. The second-order valence-corrected chi connectivity index (χ2v) is 4.82. The summed E-state index contributed by atoms with van der Waals surface area (Å²) in [6.45, 7) is 4.42. The van der Waals surface area contributed by atoms with Crippen LogP contribution in [-0.4, -0.2) is 16.1 Å². The number of halogens is 2. The molecule has 112 valence electrons. The quantitative estimate of drug-likeness (QED) is 0.919. The molecule has 2 aromatic rings. The van der Waals surface area contributed by atoms with Gasteiger partial charge in [0.2, 0.25) is 0 Å². The smallest absolute Gasteiger partial charge is 0.309 e. The Morgan fingerprint density at radius 1 is 1.38 bits per heavy atom. The summed E-state index contributed by atoms with van der Waals surface area (Å²) in [4.78, 5) is 15.5. The van der Waals surface area contributed by atoms with Gasteiger partial charge >= 0.3 is 5.69 Å². The molecule has 1 heterocycles. The Kier molecular flexibility index (Phi) is 4.80. The van der Waals surface area contributed by atoms with Crippen LogP contribution in [0.15, 0.2) is 35.4 Å². The summed E-state index contributed by atoms with van der Waals surface area (Å²) < 4.78 is 28.7. The standard InChI is InChI=1S/C15H17F2N3O/c1-3-18-13(11-5-4-6-12(16)14(11)17)9-20-8-10(2)7-19-15(20)21/h4-8,13,18H,3,9H2,1-2H3. The summed E-state index contributed by atoms with van der Waals surface area (Å²) in [7, 11) is 0. The van der Waals surface area contributed by atoms with Gasteiger partial charge in [-0.1, -0.05) is 19.1 Å². The van der Waals surface area contributed by atoms with E-state index < -0.39 is 23.4 Å². The molecule has 0 spiro atoms. The maximum Gasteiger partial charge on any atom is 0.347 e. The molecule has 0 aliphatic carbocycles. The van der Waals surface area contributed by atoms with Gasteiger partial charge in [-0.05, 0) is 25.1 Å².